The quantitative estimate of drug-likeness (QED) is 0.737. The van der Waals surface area contributed by atoms with Crippen LogP contribution in [0, 0.1) is 5.92 Å². The molecule has 1 aromatic carbocycles. The van der Waals surface area contributed by atoms with Gasteiger partial charge in [0.05, 0.1) is 18.9 Å². The van der Waals surface area contributed by atoms with E-state index in [9.17, 15) is 0 Å². The van der Waals surface area contributed by atoms with Crippen LogP contribution in [0.5, 0.6) is 0 Å². The van der Waals surface area contributed by atoms with Crippen molar-refractivity contribution < 1.29 is 9.47 Å². The maximum atomic E-state index is 5.91. The van der Waals surface area contributed by atoms with Crippen molar-refractivity contribution in [3.8, 4) is 11.3 Å². The molecule has 0 unspecified atom stereocenters. The molecular weight excluding hydrogens is 310 g/mol. The highest BCUT2D eigenvalue weighted by atomic mass is 35.5. The molecule has 2 heterocycles. The van der Waals surface area contributed by atoms with E-state index in [1.165, 1.54) is 0 Å². The number of hydrogen-bond donors (Lipinski definition) is 0. The van der Waals surface area contributed by atoms with Crippen LogP contribution in [0.15, 0.2) is 54.7 Å². The van der Waals surface area contributed by atoms with E-state index in [1.54, 1.807) is 0 Å². The van der Waals surface area contributed by atoms with Crippen molar-refractivity contribution in [2.45, 2.75) is 19.6 Å². The topological polar surface area (TPSA) is 31.4 Å². The van der Waals surface area contributed by atoms with E-state index >= 15 is 0 Å². The average Bonchev–Trinajstić information content (AvgIpc) is 2.61. The first-order valence-corrected chi connectivity index (χ1v) is 8.20. The number of nitrogens with zero attached hydrogens (tertiary/aromatic N) is 1. The zero-order chi connectivity index (χ0) is 16.1. The lowest BCUT2D eigenvalue weighted by atomic mass is 10.1. The molecule has 0 bridgehead atoms. The zero-order valence-electron chi connectivity index (χ0n) is 13.1. The van der Waals surface area contributed by atoms with E-state index in [1.807, 2.05) is 49.5 Å². The predicted molar refractivity (Wildman–Crippen MR) is 92.2 cm³/mol. The second kappa shape index (κ2) is 7.73. The van der Waals surface area contributed by atoms with Crippen LogP contribution in [0.4, 0.5) is 0 Å². The van der Waals surface area contributed by atoms with Crippen LogP contribution in [0.25, 0.3) is 11.3 Å². The maximum absolute atomic E-state index is 5.91. The van der Waals surface area contributed by atoms with Crippen molar-refractivity contribution in [1.29, 1.82) is 0 Å². The molecule has 3 rings (SSSR count). The Kier molecular flexibility index (Phi) is 5.44. The molecule has 0 saturated carbocycles. The smallest absolute Gasteiger partial charge is 0.185 e. The Labute approximate surface area is 141 Å². The van der Waals surface area contributed by atoms with Crippen LogP contribution in [-0.2, 0) is 9.47 Å². The molecule has 1 fully saturated rings. The Morgan fingerprint density at radius 2 is 1.87 bits per heavy atom. The fourth-order valence-electron chi connectivity index (χ4n) is 2.54. The summed E-state index contributed by atoms with van der Waals surface area (Å²) in [6.45, 7) is 3.46. The molecule has 0 N–H and O–H groups in total. The Hall–Kier alpha value is -1.68. The molecule has 1 aliphatic heterocycles. The van der Waals surface area contributed by atoms with Gasteiger partial charge >= 0.3 is 0 Å². The summed E-state index contributed by atoms with van der Waals surface area (Å²) >= 11 is 5.91. The summed E-state index contributed by atoms with van der Waals surface area (Å²) in [5, 5.41) is 0.724. The van der Waals surface area contributed by atoms with Crippen LogP contribution in [0.2, 0.25) is 5.02 Å². The number of pyridine rings is 1. The summed E-state index contributed by atoms with van der Waals surface area (Å²) < 4.78 is 11.6. The number of benzene rings is 1. The normalized spacial score (nSPS) is 21.7. The van der Waals surface area contributed by atoms with Crippen LogP contribution in [0.3, 0.4) is 0 Å². The van der Waals surface area contributed by atoms with Gasteiger partial charge in [0.1, 0.15) is 0 Å². The van der Waals surface area contributed by atoms with Gasteiger partial charge in [0.15, 0.2) is 6.29 Å². The van der Waals surface area contributed by atoms with E-state index in [0.717, 1.165) is 28.3 Å². The summed E-state index contributed by atoms with van der Waals surface area (Å²) in [6, 6.07) is 11.6. The third-order valence-corrected chi connectivity index (χ3v) is 4.12. The second-order valence-corrected chi connectivity index (χ2v) is 6.09. The molecule has 23 heavy (non-hydrogen) atoms. The van der Waals surface area contributed by atoms with Crippen molar-refractivity contribution in [2.75, 3.05) is 13.2 Å². The number of rotatable bonds is 4. The molecular formula is C19H20ClNO2. The van der Waals surface area contributed by atoms with Gasteiger partial charge in [0, 0.05) is 28.3 Å². The first kappa shape index (κ1) is 16.2. The molecule has 2 aromatic rings. The highest BCUT2D eigenvalue weighted by Crippen LogP contribution is 2.27. The van der Waals surface area contributed by atoms with Crippen LogP contribution < -0.4 is 0 Å². The van der Waals surface area contributed by atoms with E-state index in [0.29, 0.717) is 19.1 Å². The van der Waals surface area contributed by atoms with E-state index in [-0.39, 0.29) is 6.29 Å². The summed E-state index contributed by atoms with van der Waals surface area (Å²) in [4.78, 5) is 4.51. The van der Waals surface area contributed by atoms with Gasteiger partial charge in [0.2, 0.25) is 0 Å². The molecule has 3 nitrogen and oxygen atoms in total. The van der Waals surface area contributed by atoms with E-state index in [2.05, 4.69) is 17.1 Å². The molecule has 1 aromatic heterocycles. The molecule has 0 atom stereocenters. The highest BCUT2D eigenvalue weighted by Gasteiger charge is 2.23. The Bertz CT molecular complexity index is 644. The summed E-state index contributed by atoms with van der Waals surface area (Å²) in [5.41, 5.74) is 2.90. The van der Waals surface area contributed by atoms with Crippen LogP contribution in [0.1, 0.15) is 25.2 Å². The van der Waals surface area contributed by atoms with Gasteiger partial charge in [-0.1, -0.05) is 42.0 Å². The van der Waals surface area contributed by atoms with Gasteiger partial charge < -0.3 is 9.47 Å². The minimum atomic E-state index is -0.316. The molecule has 0 spiro atoms. The molecule has 0 aliphatic carbocycles. The Morgan fingerprint density at radius 3 is 2.48 bits per heavy atom. The van der Waals surface area contributed by atoms with E-state index in [4.69, 9.17) is 21.1 Å². The molecule has 1 aliphatic rings. The van der Waals surface area contributed by atoms with Crippen molar-refractivity contribution in [1.82, 2.24) is 4.98 Å². The van der Waals surface area contributed by atoms with Gasteiger partial charge in [-0.05, 0) is 31.5 Å². The number of hydrogen-bond acceptors (Lipinski definition) is 3. The Balaban J connectivity index is 1.63. The fraction of sp³-hybridized carbons (Fsp3) is 0.316. The molecule has 1 saturated heterocycles. The summed E-state index contributed by atoms with van der Waals surface area (Å²) in [6.07, 6.45) is 6.72. The predicted octanol–water partition coefficient (Wildman–Crippen LogP) is 5.03. The second-order valence-electron chi connectivity index (χ2n) is 5.65. The molecule has 120 valence electrons. The monoisotopic (exact) mass is 329 g/mol. The first-order chi connectivity index (χ1) is 11.3. The molecule has 0 radical (unpaired) electrons. The molecule has 4 heteroatoms. The molecule has 0 amide bonds. The minimum absolute atomic E-state index is 0.316. The summed E-state index contributed by atoms with van der Waals surface area (Å²) in [7, 11) is 0. The largest absolute Gasteiger partial charge is 0.348 e. The lowest BCUT2D eigenvalue weighted by molar-refractivity contribution is -0.204. The van der Waals surface area contributed by atoms with Gasteiger partial charge in [-0.15, -0.1) is 0 Å². The van der Waals surface area contributed by atoms with Crippen molar-refractivity contribution in [3.05, 3.63) is 65.3 Å². The third-order valence-electron chi connectivity index (χ3n) is 3.87. The number of aromatic nitrogens is 1. The number of allylic oxidation sites excluding steroid dienone is 2. The third kappa shape index (κ3) is 4.20. The fourth-order valence-corrected chi connectivity index (χ4v) is 2.66. The van der Waals surface area contributed by atoms with Gasteiger partial charge in [-0.3, -0.25) is 4.98 Å². The van der Waals surface area contributed by atoms with Crippen molar-refractivity contribution >= 4 is 11.6 Å². The number of halogens is 1. The van der Waals surface area contributed by atoms with Gasteiger partial charge in [-0.25, -0.2) is 0 Å². The van der Waals surface area contributed by atoms with Crippen LogP contribution in [-0.4, -0.2) is 18.2 Å². The average molecular weight is 330 g/mol. The SMILES string of the molecule is CC=CCC1COC(c2ccc(-c3ccc(Cl)cc3)nc2)OC1. The standard InChI is InChI=1S/C19H20ClNO2/c1-2-3-4-14-12-22-19(23-13-14)16-7-10-18(21-11-16)15-5-8-17(20)9-6-15/h2-3,5-11,14,19H,4,12-13H2,1H3. The Morgan fingerprint density at radius 1 is 1.13 bits per heavy atom. The first-order valence-electron chi connectivity index (χ1n) is 7.82. The number of ether oxygens (including phenoxy) is 2. The lowest BCUT2D eigenvalue weighted by Crippen LogP contribution is -2.26. The maximum Gasteiger partial charge on any atom is 0.185 e. The van der Waals surface area contributed by atoms with Crippen LogP contribution >= 0.6 is 11.6 Å². The zero-order valence-corrected chi connectivity index (χ0v) is 13.9. The van der Waals surface area contributed by atoms with Crippen molar-refractivity contribution in [3.63, 3.8) is 0 Å². The summed E-state index contributed by atoms with van der Waals surface area (Å²) in [5.74, 6) is 0.434. The minimum Gasteiger partial charge on any atom is -0.348 e. The van der Waals surface area contributed by atoms with Crippen molar-refractivity contribution in [2.24, 2.45) is 5.92 Å². The highest BCUT2D eigenvalue weighted by molar-refractivity contribution is 6.30. The van der Waals surface area contributed by atoms with E-state index < -0.39 is 0 Å². The lowest BCUT2D eigenvalue weighted by Gasteiger charge is -2.29. The van der Waals surface area contributed by atoms with Gasteiger partial charge in [-0.2, -0.15) is 0 Å². The van der Waals surface area contributed by atoms with Gasteiger partial charge in [0.25, 0.3) is 0 Å².